The zero-order valence-electron chi connectivity index (χ0n) is 12.5. The van der Waals surface area contributed by atoms with E-state index < -0.39 is 5.60 Å². The maximum Gasteiger partial charge on any atom is 0.293 e. The number of nitrogens with zero attached hydrogens (tertiary/aromatic N) is 3. The van der Waals surface area contributed by atoms with Gasteiger partial charge in [0.2, 0.25) is 0 Å². The van der Waals surface area contributed by atoms with E-state index in [0.29, 0.717) is 18.9 Å². The van der Waals surface area contributed by atoms with Crippen molar-refractivity contribution in [3.8, 4) is 0 Å². The van der Waals surface area contributed by atoms with E-state index in [9.17, 15) is 9.90 Å². The van der Waals surface area contributed by atoms with Gasteiger partial charge in [-0.25, -0.2) is 4.98 Å². The summed E-state index contributed by atoms with van der Waals surface area (Å²) in [6.07, 6.45) is 3.05. The van der Waals surface area contributed by atoms with E-state index in [0.717, 1.165) is 0 Å². The molecule has 0 aromatic carbocycles. The molecule has 1 aliphatic rings. The van der Waals surface area contributed by atoms with Gasteiger partial charge < -0.3 is 19.3 Å². The first kappa shape index (κ1) is 15.0. The van der Waals surface area contributed by atoms with Crippen molar-refractivity contribution in [1.29, 1.82) is 0 Å². The first-order valence-corrected chi connectivity index (χ1v) is 6.95. The number of aromatic nitrogens is 2. The molecule has 6 nitrogen and oxygen atoms in total. The average molecular weight is 281 g/mol. The first-order chi connectivity index (χ1) is 9.34. The van der Waals surface area contributed by atoms with Crippen LogP contribution >= 0.6 is 0 Å². The van der Waals surface area contributed by atoms with E-state index >= 15 is 0 Å². The van der Waals surface area contributed by atoms with Crippen molar-refractivity contribution >= 4 is 5.82 Å². The molecule has 1 N–H and O–H groups in total. The van der Waals surface area contributed by atoms with Gasteiger partial charge in [-0.1, -0.05) is 0 Å². The summed E-state index contributed by atoms with van der Waals surface area (Å²) in [7, 11) is 0. The molecule has 0 radical (unpaired) electrons. The van der Waals surface area contributed by atoms with E-state index in [2.05, 4.69) is 4.98 Å². The number of hydrogen-bond donors (Lipinski definition) is 1. The number of ether oxygens (including phenoxy) is 1. The second kappa shape index (κ2) is 5.54. The Morgan fingerprint density at radius 2 is 2.25 bits per heavy atom. The third kappa shape index (κ3) is 3.02. The Labute approximate surface area is 119 Å². The van der Waals surface area contributed by atoms with E-state index in [1.165, 1.54) is 0 Å². The lowest BCUT2D eigenvalue weighted by Gasteiger charge is -2.42. The van der Waals surface area contributed by atoms with Crippen LogP contribution in [0.15, 0.2) is 17.2 Å². The predicted octanol–water partition coefficient (Wildman–Crippen LogP) is 0.800. The Morgan fingerprint density at radius 1 is 1.55 bits per heavy atom. The molecule has 1 fully saturated rings. The van der Waals surface area contributed by atoms with Crippen LogP contribution in [-0.4, -0.2) is 46.1 Å². The summed E-state index contributed by atoms with van der Waals surface area (Å²) in [5.74, 6) is 0.427. The fraction of sp³-hybridized carbons (Fsp3) is 0.714. The summed E-state index contributed by atoms with van der Waals surface area (Å²) >= 11 is 0. The van der Waals surface area contributed by atoms with Gasteiger partial charge in [0.1, 0.15) is 0 Å². The molecule has 1 saturated heterocycles. The molecule has 0 bridgehead atoms. The molecular formula is C14H23N3O3. The van der Waals surface area contributed by atoms with Crippen molar-refractivity contribution in [2.24, 2.45) is 0 Å². The Balaban J connectivity index is 2.36. The number of aliphatic hydroxyl groups is 1. The van der Waals surface area contributed by atoms with Crippen LogP contribution in [-0.2, 0) is 4.74 Å². The highest BCUT2D eigenvalue weighted by Gasteiger charge is 2.34. The van der Waals surface area contributed by atoms with Gasteiger partial charge in [0.25, 0.3) is 5.56 Å². The standard InChI is InChI=1S/C14H23N3O3/c1-10(2)17-6-5-15-12(13(17)19)16-7-11(8-18)20-14(3,4)9-16/h5-6,10-11,18H,7-9H2,1-4H3. The lowest BCUT2D eigenvalue weighted by atomic mass is 10.1. The van der Waals surface area contributed by atoms with Crippen molar-refractivity contribution in [1.82, 2.24) is 9.55 Å². The van der Waals surface area contributed by atoms with Crippen LogP contribution in [0.3, 0.4) is 0 Å². The third-order valence-electron chi connectivity index (χ3n) is 3.39. The Hall–Kier alpha value is -1.40. The molecule has 0 amide bonds. The van der Waals surface area contributed by atoms with Crippen molar-refractivity contribution in [3.63, 3.8) is 0 Å². The minimum atomic E-state index is -0.418. The number of morpholine rings is 1. The van der Waals surface area contributed by atoms with Gasteiger partial charge in [0.05, 0.1) is 18.3 Å². The minimum absolute atomic E-state index is 0.0644. The van der Waals surface area contributed by atoms with Gasteiger partial charge in [0.15, 0.2) is 5.82 Å². The Morgan fingerprint density at radius 3 is 2.85 bits per heavy atom. The molecule has 6 heteroatoms. The van der Waals surface area contributed by atoms with Gasteiger partial charge in [-0.3, -0.25) is 4.79 Å². The molecule has 1 aromatic heterocycles. The second-order valence-electron chi connectivity index (χ2n) is 6.12. The molecule has 2 rings (SSSR count). The van der Waals surface area contributed by atoms with Crippen LogP contribution in [0.25, 0.3) is 0 Å². The number of anilines is 1. The topological polar surface area (TPSA) is 67.6 Å². The van der Waals surface area contributed by atoms with Crippen molar-refractivity contribution in [2.45, 2.75) is 45.4 Å². The molecule has 20 heavy (non-hydrogen) atoms. The zero-order chi connectivity index (χ0) is 14.9. The molecule has 1 aliphatic heterocycles. The molecule has 2 heterocycles. The monoisotopic (exact) mass is 281 g/mol. The fourth-order valence-electron chi connectivity index (χ4n) is 2.59. The number of aliphatic hydroxyl groups excluding tert-OH is 1. The largest absolute Gasteiger partial charge is 0.394 e. The average Bonchev–Trinajstić information content (AvgIpc) is 2.36. The minimum Gasteiger partial charge on any atom is -0.394 e. The van der Waals surface area contributed by atoms with E-state index in [4.69, 9.17) is 4.74 Å². The third-order valence-corrected chi connectivity index (χ3v) is 3.39. The first-order valence-electron chi connectivity index (χ1n) is 6.95. The predicted molar refractivity (Wildman–Crippen MR) is 77.1 cm³/mol. The molecule has 112 valence electrons. The zero-order valence-corrected chi connectivity index (χ0v) is 12.5. The van der Waals surface area contributed by atoms with E-state index in [1.54, 1.807) is 17.0 Å². The van der Waals surface area contributed by atoms with Crippen LogP contribution in [0.4, 0.5) is 5.82 Å². The number of hydrogen-bond acceptors (Lipinski definition) is 5. The maximum atomic E-state index is 12.5. The quantitative estimate of drug-likeness (QED) is 0.887. The molecule has 0 saturated carbocycles. The van der Waals surface area contributed by atoms with Crippen molar-refractivity contribution < 1.29 is 9.84 Å². The van der Waals surface area contributed by atoms with Gasteiger partial charge in [-0.15, -0.1) is 0 Å². The summed E-state index contributed by atoms with van der Waals surface area (Å²) in [5.41, 5.74) is -0.518. The summed E-state index contributed by atoms with van der Waals surface area (Å²) < 4.78 is 7.43. The van der Waals surface area contributed by atoms with E-state index in [-0.39, 0.29) is 24.3 Å². The molecule has 0 spiro atoms. The maximum absolute atomic E-state index is 12.5. The highest BCUT2D eigenvalue weighted by atomic mass is 16.5. The van der Waals surface area contributed by atoms with Crippen molar-refractivity contribution in [2.75, 3.05) is 24.6 Å². The summed E-state index contributed by atoms with van der Waals surface area (Å²) in [6, 6.07) is 0.0898. The highest BCUT2D eigenvalue weighted by molar-refractivity contribution is 5.37. The lowest BCUT2D eigenvalue weighted by Crippen LogP contribution is -2.55. The summed E-state index contributed by atoms with van der Waals surface area (Å²) in [4.78, 5) is 18.6. The van der Waals surface area contributed by atoms with Crippen LogP contribution in [0.5, 0.6) is 0 Å². The van der Waals surface area contributed by atoms with Gasteiger partial charge >= 0.3 is 0 Å². The molecule has 1 atom stereocenters. The summed E-state index contributed by atoms with van der Waals surface area (Å²) in [5, 5.41) is 9.34. The summed E-state index contributed by atoms with van der Waals surface area (Å²) in [6.45, 7) is 8.82. The van der Waals surface area contributed by atoms with Crippen LogP contribution in [0, 0.1) is 0 Å². The Kier molecular flexibility index (Phi) is 4.15. The molecule has 1 unspecified atom stereocenters. The van der Waals surface area contributed by atoms with Crippen molar-refractivity contribution in [3.05, 3.63) is 22.7 Å². The van der Waals surface area contributed by atoms with Gasteiger partial charge in [-0.05, 0) is 27.7 Å². The molecular weight excluding hydrogens is 258 g/mol. The van der Waals surface area contributed by atoms with Gasteiger partial charge in [0, 0.05) is 31.5 Å². The smallest absolute Gasteiger partial charge is 0.293 e. The van der Waals surface area contributed by atoms with E-state index in [1.807, 2.05) is 32.6 Å². The number of rotatable bonds is 3. The van der Waals surface area contributed by atoms with Crippen LogP contribution in [0.1, 0.15) is 33.7 Å². The van der Waals surface area contributed by atoms with Crippen LogP contribution in [0.2, 0.25) is 0 Å². The molecule has 0 aliphatic carbocycles. The highest BCUT2D eigenvalue weighted by Crippen LogP contribution is 2.23. The van der Waals surface area contributed by atoms with Crippen LogP contribution < -0.4 is 10.5 Å². The van der Waals surface area contributed by atoms with Gasteiger partial charge in [-0.2, -0.15) is 0 Å². The second-order valence-corrected chi connectivity index (χ2v) is 6.12. The molecule has 1 aromatic rings. The Bertz CT molecular complexity index is 525. The normalized spacial score (nSPS) is 22.3. The SMILES string of the molecule is CC(C)n1ccnc(N2CC(CO)OC(C)(C)C2)c1=O. The fourth-order valence-corrected chi connectivity index (χ4v) is 2.59. The lowest BCUT2D eigenvalue weighted by molar-refractivity contribution is -0.101.